The fourth-order valence-electron chi connectivity index (χ4n) is 1.15. The second-order valence-electron chi connectivity index (χ2n) is 3.02. The summed E-state index contributed by atoms with van der Waals surface area (Å²) in [4.78, 5) is 11.2. The van der Waals surface area contributed by atoms with Crippen molar-refractivity contribution in [2.45, 2.75) is 6.36 Å². The lowest BCUT2D eigenvalue weighted by Gasteiger charge is -2.11. The van der Waals surface area contributed by atoms with E-state index < -0.39 is 29.4 Å². The molecule has 1 aromatic rings. The summed E-state index contributed by atoms with van der Waals surface area (Å²) in [6.07, 6.45) is -5.02. The highest BCUT2D eigenvalue weighted by Gasteiger charge is 2.33. The number of rotatable bonds is 2. The normalized spacial score (nSPS) is 10.6. The van der Waals surface area contributed by atoms with Gasteiger partial charge in [-0.2, -0.15) is 5.26 Å². The fraction of sp³-hybridized carbons (Fsp3) is 0.200. The van der Waals surface area contributed by atoms with Crippen LogP contribution in [0.15, 0.2) is 12.1 Å². The average Bonchev–Trinajstić information content (AvgIpc) is 2.28. The Bertz CT molecular complexity index is 519. The summed E-state index contributed by atoms with van der Waals surface area (Å²) in [5, 5.41) is 18.0. The molecule has 0 amide bonds. The molecule has 0 bridgehead atoms. The number of nitriles is 1. The number of hydrogen-bond donors (Lipinski definition) is 1. The Labute approximate surface area is 99.0 Å². The summed E-state index contributed by atoms with van der Waals surface area (Å²) in [6.45, 7) is 0. The molecule has 1 N–H and O–H groups in total. The first kappa shape index (κ1) is 13.6. The maximum Gasteiger partial charge on any atom is 0.573 e. The number of benzene rings is 1. The van der Waals surface area contributed by atoms with Gasteiger partial charge in [-0.05, 0) is 6.07 Å². The van der Waals surface area contributed by atoms with Crippen LogP contribution in [0.3, 0.4) is 0 Å². The van der Waals surface area contributed by atoms with Crippen LogP contribution >= 0.6 is 0 Å². The minimum absolute atomic E-state index is 0.355. The van der Waals surface area contributed by atoms with Gasteiger partial charge in [0, 0.05) is 6.07 Å². The van der Waals surface area contributed by atoms with E-state index in [1.165, 1.54) is 6.07 Å². The van der Waals surface area contributed by atoms with Crippen molar-refractivity contribution in [2.24, 2.45) is 0 Å². The molecule has 0 saturated carbocycles. The molecule has 0 aliphatic rings. The SMILES string of the molecule is COC(=O)c1cc(O)c(OC(F)(F)F)cc1C#N. The van der Waals surface area contributed by atoms with Gasteiger partial charge < -0.3 is 14.6 Å². The number of carbonyl (C=O) groups excluding carboxylic acids is 1. The molecule has 0 saturated heterocycles. The van der Waals surface area contributed by atoms with Crippen LogP contribution in [0.1, 0.15) is 15.9 Å². The smallest absolute Gasteiger partial charge is 0.504 e. The molecule has 0 aliphatic carbocycles. The molecule has 96 valence electrons. The van der Waals surface area contributed by atoms with E-state index in [1.54, 1.807) is 0 Å². The zero-order valence-corrected chi connectivity index (χ0v) is 8.91. The molecule has 5 nitrogen and oxygen atoms in total. The van der Waals surface area contributed by atoms with Crippen molar-refractivity contribution < 1.29 is 32.5 Å². The van der Waals surface area contributed by atoms with Gasteiger partial charge in [-0.1, -0.05) is 0 Å². The van der Waals surface area contributed by atoms with Crippen molar-refractivity contribution >= 4 is 5.97 Å². The quantitative estimate of drug-likeness (QED) is 0.823. The Balaban J connectivity index is 3.28. The molecular formula is C10H6F3NO4. The zero-order chi connectivity index (χ0) is 13.9. The third-order valence-electron chi connectivity index (χ3n) is 1.85. The number of carbonyl (C=O) groups is 1. The summed E-state index contributed by atoms with van der Waals surface area (Å²) < 4.78 is 43.7. The molecule has 0 fully saturated rings. The van der Waals surface area contributed by atoms with E-state index in [-0.39, 0.29) is 5.56 Å². The predicted octanol–water partition coefficient (Wildman–Crippen LogP) is 1.95. The topological polar surface area (TPSA) is 79.6 Å². The number of phenols is 1. The van der Waals surface area contributed by atoms with Gasteiger partial charge in [0.1, 0.15) is 6.07 Å². The highest BCUT2D eigenvalue weighted by Crippen LogP contribution is 2.33. The standard InChI is InChI=1S/C10H6F3NO4/c1-17-9(16)6-3-7(15)8(2-5(6)4-14)18-10(11,12)13/h2-3,15H,1H3. The minimum Gasteiger partial charge on any atom is -0.504 e. The minimum atomic E-state index is -5.02. The number of methoxy groups -OCH3 is 1. The number of hydrogen-bond acceptors (Lipinski definition) is 5. The number of phenolic OH excluding ortho intramolecular Hbond substituents is 1. The summed E-state index contributed by atoms with van der Waals surface area (Å²) in [5.74, 6) is -2.85. The van der Waals surface area contributed by atoms with Crippen LogP contribution in [-0.4, -0.2) is 24.5 Å². The first-order valence-corrected chi connectivity index (χ1v) is 4.39. The van der Waals surface area contributed by atoms with E-state index in [0.29, 0.717) is 12.1 Å². The summed E-state index contributed by atoms with van der Waals surface area (Å²) in [5.41, 5.74) is -0.758. The Morgan fingerprint density at radius 3 is 2.50 bits per heavy atom. The molecule has 0 heterocycles. The first-order chi connectivity index (χ1) is 8.28. The number of aromatic hydroxyl groups is 1. The van der Waals surface area contributed by atoms with Crippen LogP contribution in [0.25, 0.3) is 0 Å². The van der Waals surface area contributed by atoms with E-state index >= 15 is 0 Å². The third kappa shape index (κ3) is 3.04. The van der Waals surface area contributed by atoms with Gasteiger partial charge in [-0.25, -0.2) is 4.79 Å². The Hall–Kier alpha value is -2.43. The molecule has 1 aromatic carbocycles. The maximum atomic E-state index is 12.0. The van der Waals surface area contributed by atoms with E-state index in [2.05, 4.69) is 9.47 Å². The van der Waals surface area contributed by atoms with Crippen molar-refractivity contribution in [3.63, 3.8) is 0 Å². The Morgan fingerprint density at radius 1 is 1.44 bits per heavy atom. The molecule has 0 spiro atoms. The van der Waals surface area contributed by atoms with Gasteiger partial charge in [0.25, 0.3) is 0 Å². The number of halogens is 3. The average molecular weight is 261 g/mol. The van der Waals surface area contributed by atoms with Crippen LogP contribution in [0.5, 0.6) is 11.5 Å². The van der Waals surface area contributed by atoms with E-state index in [1.807, 2.05) is 0 Å². The largest absolute Gasteiger partial charge is 0.573 e. The van der Waals surface area contributed by atoms with Crippen molar-refractivity contribution in [2.75, 3.05) is 7.11 Å². The molecule has 0 aromatic heterocycles. The maximum absolute atomic E-state index is 12.0. The van der Waals surface area contributed by atoms with Crippen molar-refractivity contribution in [1.29, 1.82) is 5.26 Å². The number of ether oxygens (including phenoxy) is 2. The van der Waals surface area contributed by atoms with Crippen molar-refractivity contribution in [1.82, 2.24) is 0 Å². The van der Waals surface area contributed by atoms with Crippen LogP contribution < -0.4 is 4.74 Å². The van der Waals surface area contributed by atoms with Crippen molar-refractivity contribution in [3.8, 4) is 17.6 Å². The third-order valence-corrected chi connectivity index (χ3v) is 1.85. The Kier molecular flexibility index (Phi) is 3.66. The van der Waals surface area contributed by atoms with Gasteiger partial charge in [0.05, 0.1) is 18.2 Å². The molecule has 0 unspecified atom stereocenters. The van der Waals surface area contributed by atoms with Crippen molar-refractivity contribution in [3.05, 3.63) is 23.3 Å². The number of alkyl halides is 3. The zero-order valence-electron chi connectivity index (χ0n) is 8.91. The van der Waals surface area contributed by atoms with Gasteiger partial charge in [0.2, 0.25) is 0 Å². The van der Waals surface area contributed by atoms with Crippen LogP contribution in [0, 0.1) is 11.3 Å². The fourth-order valence-corrected chi connectivity index (χ4v) is 1.15. The molecular weight excluding hydrogens is 255 g/mol. The lowest BCUT2D eigenvalue weighted by molar-refractivity contribution is -0.275. The monoisotopic (exact) mass is 261 g/mol. The second kappa shape index (κ2) is 4.83. The van der Waals surface area contributed by atoms with Gasteiger partial charge in [-0.3, -0.25) is 0 Å². The summed E-state index contributed by atoms with van der Waals surface area (Å²) >= 11 is 0. The Morgan fingerprint density at radius 2 is 2.06 bits per heavy atom. The molecule has 0 radical (unpaired) electrons. The molecule has 1 rings (SSSR count). The highest BCUT2D eigenvalue weighted by atomic mass is 19.4. The number of nitrogens with zero attached hydrogens (tertiary/aromatic N) is 1. The lowest BCUT2D eigenvalue weighted by Crippen LogP contribution is -2.17. The van der Waals surface area contributed by atoms with Crippen LogP contribution in [0.4, 0.5) is 13.2 Å². The summed E-state index contributed by atoms with van der Waals surface area (Å²) in [7, 11) is 1.03. The highest BCUT2D eigenvalue weighted by molar-refractivity contribution is 5.93. The van der Waals surface area contributed by atoms with Crippen LogP contribution in [0.2, 0.25) is 0 Å². The predicted molar refractivity (Wildman–Crippen MR) is 50.8 cm³/mol. The second-order valence-corrected chi connectivity index (χ2v) is 3.02. The van der Waals surface area contributed by atoms with Gasteiger partial charge >= 0.3 is 12.3 Å². The van der Waals surface area contributed by atoms with E-state index in [9.17, 15) is 23.1 Å². The molecule has 8 heteroatoms. The van der Waals surface area contributed by atoms with Gasteiger partial charge in [0.15, 0.2) is 11.5 Å². The lowest BCUT2D eigenvalue weighted by atomic mass is 10.1. The first-order valence-electron chi connectivity index (χ1n) is 4.39. The summed E-state index contributed by atoms with van der Waals surface area (Å²) in [6, 6.07) is 2.78. The van der Waals surface area contributed by atoms with E-state index in [0.717, 1.165) is 7.11 Å². The van der Waals surface area contributed by atoms with Crippen LogP contribution in [-0.2, 0) is 4.74 Å². The van der Waals surface area contributed by atoms with Gasteiger partial charge in [-0.15, -0.1) is 13.2 Å². The molecule has 0 aliphatic heterocycles. The van der Waals surface area contributed by atoms with E-state index in [4.69, 9.17) is 5.26 Å². The molecule has 0 atom stereocenters. The number of esters is 1. The molecule has 18 heavy (non-hydrogen) atoms.